The van der Waals surface area contributed by atoms with Crippen LogP contribution in [0.25, 0.3) is 0 Å². The fraction of sp³-hybridized carbons (Fsp3) is 0.182. The van der Waals surface area contributed by atoms with Crippen LogP contribution < -0.4 is 0 Å². The minimum Gasteiger partial charge on any atom is -0.480 e. The molecule has 1 aromatic carbocycles. The van der Waals surface area contributed by atoms with E-state index in [1.54, 1.807) is 18.2 Å². The molecule has 0 radical (unpaired) electrons. The van der Waals surface area contributed by atoms with Crippen molar-refractivity contribution in [1.29, 1.82) is 0 Å². The Morgan fingerprint density at radius 2 is 1.76 bits per heavy atom. The van der Waals surface area contributed by atoms with Crippen molar-refractivity contribution in [3.63, 3.8) is 0 Å². The summed E-state index contributed by atoms with van der Waals surface area (Å²) >= 11 is 3.75. The van der Waals surface area contributed by atoms with Crippen molar-refractivity contribution in [3.05, 3.63) is 35.9 Å². The van der Waals surface area contributed by atoms with Crippen LogP contribution in [0.5, 0.6) is 0 Å². The maximum absolute atomic E-state index is 11.9. The predicted molar refractivity (Wildman–Crippen MR) is 64.0 cm³/mol. The lowest BCUT2D eigenvalue weighted by molar-refractivity contribution is -0.141. The van der Waals surface area contributed by atoms with Gasteiger partial charge in [-0.05, 0) is 12.1 Å². The summed E-state index contributed by atoms with van der Waals surface area (Å²) in [5.41, 5.74) is 0.267. The third-order valence-corrected chi connectivity index (χ3v) is 2.27. The van der Waals surface area contributed by atoms with Crippen LogP contribution in [-0.4, -0.2) is 40.1 Å². The Bertz CT molecular complexity index is 432. The number of hydrogen-bond acceptors (Lipinski definition) is 4. The number of benzene rings is 1. The Balaban J connectivity index is 2.94. The number of amides is 2. The van der Waals surface area contributed by atoms with Gasteiger partial charge in [0, 0.05) is 5.56 Å². The molecule has 0 aliphatic heterocycles. The van der Waals surface area contributed by atoms with Gasteiger partial charge in [-0.25, -0.2) is 0 Å². The lowest BCUT2D eigenvalue weighted by Gasteiger charge is -2.17. The molecule has 0 bridgehead atoms. The van der Waals surface area contributed by atoms with Crippen molar-refractivity contribution < 1.29 is 19.5 Å². The van der Waals surface area contributed by atoms with Gasteiger partial charge < -0.3 is 5.11 Å². The molecule has 0 saturated heterocycles. The fourth-order valence-electron chi connectivity index (χ4n) is 1.23. The summed E-state index contributed by atoms with van der Waals surface area (Å²) in [6, 6.07) is 8.03. The molecule has 0 aliphatic rings. The highest BCUT2D eigenvalue weighted by atomic mass is 32.1. The molecule has 1 aromatic rings. The molecule has 6 heteroatoms. The van der Waals surface area contributed by atoms with Gasteiger partial charge in [0.2, 0.25) is 5.91 Å². The molecule has 2 amide bonds. The number of aliphatic carboxylic acids is 1. The maximum Gasteiger partial charge on any atom is 0.323 e. The van der Waals surface area contributed by atoms with E-state index in [4.69, 9.17) is 5.11 Å². The van der Waals surface area contributed by atoms with E-state index in [9.17, 15) is 14.4 Å². The van der Waals surface area contributed by atoms with Crippen LogP contribution in [0.2, 0.25) is 0 Å². The van der Waals surface area contributed by atoms with Gasteiger partial charge in [0.05, 0.1) is 5.75 Å². The summed E-state index contributed by atoms with van der Waals surface area (Å²) in [7, 11) is 0. The predicted octanol–water partition coefficient (Wildman–Crippen LogP) is 0.670. The first-order chi connectivity index (χ1) is 8.06. The number of carboxylic acids is 1. The molecule has 0 aliphatic carbocycles. The smallest absolute Gasteiger partial charge is 0.323 e. The van der Waals surface area contributed by atoms with Crippen molar-refractivity contribution >= 4 is 30.4 Å². The fourth-order valence-corrected chi connectivity index (χ4v) is 1.40. The molecule has 1 rings (SSSR count). The van der Waals surface area contributed by atoms with Crippen LogP contribution in [0.4, 0.5) is 0 Å². The quantitative estimate of drug-likeness (QED) is 0.773. The minimum absolute atomic E-state index is 0.216. The number of nitrogens with zero attached hydrogens (tertiary/aromatic N) is 1. The van der Waals surface area contributed by atoms with Crippen LogP contribution in [-0.2, 0) is 9.59 Å². The van der Waals surface area contributed by atoms with Gasteiger partial charge in [-0.3, -0.25) is 19.3 Å². The summed E-state index contributed by atoms with van der Waals surface area (Å²) in [4.78, 5) is 34.6. The average molecular weight is 253 g/mol. The summed E-state index contributed by atoms with van der Waals surface area (Å²) in [5.74, 6) is -2.73. The monoisotopic (exact) mass is 253 g/mol. The van der Waals surface area contributed by atoms with Gasteiger partial charge in [-0.1, -0.05) is 18.2 Å². The van der Waals surface area contributed by atoms with Gasteiger partial charge in [0.15, 0.2) is 0 Å². The maximum atomic E-state index is 11.9. The Morgan fingerprint density at radius 1 is 1.18 bits per heavy atom. The number of carbonyl (C=O) groups is 3. The number of thiol groups is 1. The highest BCUT2D eigenvalue weighted by Crippen LogP contribution is 2.05. The average Bonchev–Trinajstić information content (AvgIpc) is 2.35. The Hall–Kier alpha value is -1.82. The molecule has 5 nitrogen and oxygen atoms in total. The number of carbonyl (C=O) groups excluding carboxylic acids is 2. The van der Waals surface area contributed by atoms with E-state index in [0.717, 1.165) is 0 Å². The standard InChI is InChI=1S/C11H11NO4S/c13-9(7-17)12(6-10(14)15)11(16)8-4-2-1-3-5-8/h1-5,17H,6-7H2,(H,14,15). The zero-order valence-electron chi connectivity index (χ0n) is 8.87. The lowest BCUT2D eigenvalue weighted by atomic mass is 10.2. The largest absolute Gasteiger partial charge is 0.480 e. The molecule has 0 spiro atoms. The van der Waals surface area contributed by atoms with Crippen molar-refractivity contribution in [2.24, 2.45) is 0 Å². The zero-order valence-corrected chi connectivity index (χ0v) is 9.76. The van der Waals surface area contributed by atoms with Crippen molar-refractivity contribution in [2.75, 3.05) is 12.3 Å². The first-order valence-corrected chi connectivity index (χ1v) is 5.42. The summed E-state index contributed by atoms with van der Waals surface area (Å²) in [6.07, 6.45) is 0. The molecule has 0 fully saturated rings. The molecule has 17 heavy (non-hydrogen) atoms. The second-order valence-electron chi connectivity index (χ2n) is 3.20. The topological polar surface area (TPSA) is 74.7 Å². The number of imide groups is 1. The van der Waals surface area contributed by atoms with Crippen LogP contribution in [0, 0.1) is 0 Å². The van der Waals surface area contributed by atoms with Crippen molar-refractivity contribution in [2.45, 2.75) is 0 Å². The lowest BCUT2D eigenvalue weighted by Crippen LogP contribution is -2.41. The van der Waals surface area contributed by atoms with Crippen molar-refractivity contribution in [1.82, 2.24) is 4.90 Å². The molecular formula is C11H11NO4S. The molecule has 90 valence electrons. The summed E-state index contributed by atoms with van der Waals surface area (Å²) in [6.45, 7) is -0.660. The van der Waals surface area contributed by atoms with Crippen LogP contribution >= 0.6 is 12.6 Å². The van der Waals surface area contributed by atoms with E-state index in [-0.39, 0.29) is 11.3 Å². The van der Waals surface area contributed by atoms with Crippen LogP contribution in [0.3, 0.4) is 0 Å². The van der Waals surface area contributed by atoms with E-state index in [0.29, 0.717) is 4.90 Å². The molecular weight excluding hydrogens is 242 g/mol. The third kappa shape index (κ3) is 3.60. The molecule has 0 unspecified atom stereocenters. The first-order valence-electron chi connectivity index (χ1n) is 4.78. The highest BCUT2D eigenvalue weighted by molar-refractivity contribution is 7.81. The van der Waals surface area contributed by atoms with Gasteiger partial charge in [0.25, 0.3) is 5.91 Å². The van der Waals surface area contributed by atoms with Gasteiger partial charge in [0.1, 0.15) is 6.54 Å². The SMILES string of the molecule is O=C(O)CN(C(=O)CS)C(=O)c1ccccc1. The first kappa shape index (κ1) is 13.2. The Kier molecular flexibility index (Phi) is 4.71. The number of hydrogen-bond donors (Lipinski definition) is 2. The summed E-state index contributed by atoms with van der Waals surface area (Å²) in [5, 5.41) is 8.65. The van der Waals surface area contributed by atoms with Crippen LogP contribution in [0.1, 0.15) is 10.4 Å². The van der Waals surface area contributed by atoms with E-state index in [1.807, 2.05) is 0 Å². The highest BCUT2D eigenvalue weighted by Gasteiger charge is 2.23. The number of rotatable bonds is 4. The minimum atomic E-state index is -1.25. The molecule has 1 N–H and O–H groups in total. The molecule has 0 saturated carbocycles. The third-order valence-electron chi connectivity index (χ3n) is 2.00. The van der Waals surface area contributed by atoms with E-state index in [1.165, 1.54) is 12.1 Å². The Labute approximate surface area is 103 Å². The summed E-state index contributed by atoms with van der Waals surface area (Å²) < 4.78 is 0. The second kappa shape index (κ2) is 6.05. The number of carboxylic acid groups (broad SMARTS) is 1. The van der Waals surface area contributed by atoms with Gasteiger partial charge in [-0.15, -0.1) is 0 Å². The van der Waals surface area contributed by atoms with Gasteiger partial charge in [-0.2, -0.15) is 12.6 Å². The van der Waals surface area contributed by atoms with Crippen molar-refractivity contribution in [3.8, 4) is 0 Å². The van der Waals surface area contributed by atoms with Gasteiger partial charge >= 0.3 is 5.97 Å². The van der Waals surface area contributed by atoms with E-state index >= 15 is 0 Å². The normalized spacial score (nSPS) is 9.71. The molecule has 0 heterocycles. The van der Waals surface area contributed by atoms with E-state index in [2.05, 4.69) is 12.6 Å². The van der Waals surface area contributed by atoms with Crippen LogP contribution in [0.15, 0.2) is 30.3 Å². The zero-order chi connectivity index (χ0) is 12.8. The molecule has 0 atom stereocenters. The van der Waals surface area contributed by atoms with E-state index < -0.39 is 24.3 Å². The Morgan fingerprint density at radius 3 is 2.24 bits per heavy atom. The molecule has 0 aromatic heterocycles. The second-order valence-corrected chi connectivity index (χ2v) is 3.52.